The average Bonchev–Trinajstić information content (AvgIpc) is 1.12. The van der Waals surface area contributed by atoms with Crippen LogP contribution in [0.15, 0.2) is 0 Å². The van der Waals surface area contributed by atoms with E-state index in [4.69, 9.17) is 36.8 Å². The zero-order chi connectivity index (χ0) is 9.00. The second kappa shape index (κ2) is 11.3. The van der Waals surface area contributed by atoms with Crippen LogP contribution >= 0.6 is 20.2 Å². The largest absolute Gasteiger partial charge is 1.00 e. The molecule has 13 heteroatoms. The predicted molar refractivity (Wildman–Crippen MR) is 41.8 cm³/mol. The van der Waals surface area contributed by atoms with Crippen molar-refractivity contribution in [2.45, 2.75) is 0 Å². The number of phosphoric acid groups is 1. The van der Waals surface area contributed by atoms with Gasteiger partial charge in [0, 0.05) is 0 Å². The van der Waals surface area contributed by atoms with Crippen molar-refractivity contribution in [3.63, 3.8) is 0 Å². The van der Waals surface area contributed by atoms with Gasteiger partial charge in [-0.1, -0.05) is 0 Å². The van der Waals surface area contributed by atoms with Crippen molar-refractivity contribution in [3.8, 4) is 0 Å². The second-order valence-corrected chi connectivity index (χ2v) is 2.88. The van der Waals surface area contributed by atoms with Gasteiger partial charge in [-0.15, -0.1) is 12.4 Å². The van der Waals surface area contributed by atoms with Crippen LogP contribution in [0.5, 0.6) is 0 Å². The summed E-state index contributed by atoms with van der Waals surface area (Å²) in [5.74, 6) is 0. The minimum atomic E-state index is -4.67. The SMILES string of the molecule is Cl.N.O=P(O)(O)O.O=S(=O)(O)O.[H-].[Na+]. The van der Waals surface area contributed by atoms with E-state index < -0.39 is 18.2 Å². The van der Waals surface area contributed by atoms with Crippen molar-refractivity contribution in [1.29, 1.82) is 0 Å². The van der Waals surface area contributed by atoms with Gasteiger partial charge in [0.25, 0.3) is 0 Å². The number of halogens is 1. The minimum Gasteiger partial charge on any atom is -1.00 e. The Morgan fingerprint density at radius 1 is 1.08 bits per heavy atom. The molecule has 0 aromatic rings. The third-order valence-corrected chi connectivity index (χ3v) is 0. The summed E-state index contributed by atoms with van der Waals surface area (Å²) >= 11 is 0. The smallest absolute Gasteiger partial charge is 1.00 e. The van der Waals surface area contributed by atoms with E-state index in [1.165, 1.54) is 0 Å². The molecule has 0 saturated heterocycles. The van der Waals surface area contributed by atoms with Gasteiger partial charge >= 0.3 is 47.8 Å². The molecule has 9 nitrogen and oxygen atoms in total. The summed E-state index contributed by atoms with van der Waals surface area (Å²) in [5, 5.41) is 0. The molecule has 0 bridgehead atoms. The molecule has 13 heavy (non-hydrogen) atoms. The van der Waals surface area contributed by atoms with Gasteiger partial charge in [0.05, 0.1) is 0 Å². The van der Waals surface area contributed by atoms with Crippen molar-refractivity contribution in [2.24, 2.45) is 0 Å². The Morgan fingerprint density at radius 3 is 1.08 bits per heavy atom. The summed E-state index contributed by atoms with van der Waals surface area (Å²) in [4.78, 5) is 21.6. The first-order valence-corrected chi connectivity index (χ1v) is 4.44. The van der Waals surface area contributed by atoms with Crippen LogP contribution in [-0.4, -0.2) is 32.2 Å². The molecule has 0 aromatic carbocycles. The summed E-state index contributed by atoms with van der Waals surface area (Å²) in [6.07, 6.45) is 0. The quantitative estimate of drug-likeness (QED) is 0.146. The Labute approximate surface area is 104 Å². The monoisotopic (exact) mass is 273 g/mol. The van der Waals surface area contributed by atoms with Crippen LogP contribution in [0.25, 0.3) is 0 Å². The van der Waals surface area contributed by atoms with E-state index >= 15 is 0 Å². The van der Waals surface area contributed by atoms with Crippen LogP contribution in [-0.2, 0) is 15.0 Å². The molecule has 0 unspecified atom stereocenters. The van der Waals surface area contributed by atoms with Crippen LogP contribution in [0, 0.1) is 0 Å². The van der Waals surface area contributed by atoms with E-state index in [0.717, 1.165) is 0 Å². The molecule has 0 aromatic heterocycles. The third kappa shape index (κ3) is 1100. The van der Waals surface area contributed by atoms with E-state index in [0.29, 0.717) is 0 Å². The Morgan fingerprint density at radius 2 is 1.08 bits per heavy atom. The fraction of sp³-hybridized carbons (Fsp3) is 0. The number of hydrogen-bond donors (Lipinski definition) is 6. The topological polar surface area (TPSA) is 187 Å². The first-order valence-electron chi connectivity index (χ1n) is 1.48. The fourth-order valence-electron chi connectivity index (χ4n) is 0. The Balaban J connectivity index is -0.0000000178. The van der Waals surface area contributed by atoms with E-state index in [1.807, 2.05) is 0 Å². The third-order valence-electron chi connectivity index (χ3n) is 0. The molecular formula is H10ClNNaO8PS. The van der Waals surface area contributed by atoms with E-state index in [1.54, 1.807) is 0 Å². The summed E-state index contributed by atoms with van der Waals surface area (Å²) in [5.41, 5.74) is 0. The Hall–Kier alpha value is 1.23. The Kier molecular flexibility index (Phi) is 25.4. The maximum Gasteiger partial charge on any atom is 1.00 e. The van der Waals surface area contributed by atoms with Gasteiger partial charge in [0.15, 0.2) is 0 Å². The van der Waals surface area contributed by atoms with Crippen LogP contribution in [0.1, 0.15) is 1.43 Å². The molecule has 0 aliphatic heterocycles. The van der Waals surface area contributed by atoms with Gasteiger partial charge in [0.1, 0.15) is 0 Å². The van der Waals surface area contributed by atoms with E-state index in [-0.39, 0.29) is 49.5 Å². The molecule has 0 heterocycles. The van der Waals surface area contributed by atoms with E-state index in [2.05, 4.69) is 0 Å². The summed E-state index contributed by atoms with van der Waals surface area (Å²) in [7, 11) is -9.31. The van der Waals surface area contributed by atoms with Crippen molar-refractivity contribution >= 4 is 30.6 Å². The van der Waals surface area contributed by atoms with Gasteiger partial charge < -0.3 is 22.3 Å². The van der Waals surface area contributed by atoms with Crippen molar-refractivity contribution in [3.05, 3.63) is 0 Å². The molecule has 0 aliphatic carbocycles. The summed E-state index contributed by atoms with van der Waals surface area (Å²) < 4.78 is 40.5. The summed E-state index contributed by atoms with van der Waals surface area (Å²) in [6.45, 7) is 0. The molecular weight excluding hydrogens is 263 g/mol. The van der Waals surface area contributed by atoms with E-state index in [9.17, 15) is 0 Å². The van der Waals surface area contributed by atoms with Crippen molar-refractivity contribution in [1.82, 2.24) is 6.15 Å². The minimum absolute atomic E-state index is 0. The average molecular weight is 274 g/mol. The molecule has 0 fully saturated rings. The van der Waals surface area contributed by atoms with Crippen molar-refractivity contribution < 1.29 is 67.8 Å². The molecule has 8 N–H and O–H groups in total. The first kappa shape index (κ1) is 29.2. The van der Waals surface area contributed by atoms with Gasteiger partial charge in [-0.05, 0) is 0 Å². The molecule has 0 amide bonds. The van der Waals surface area contributed by atoms with Gasteiger partial charge in [-0.3, -0.25) is 9.11 Å². The molecule has 0 aliphatic rings. The van der Waals surface area contributed by atoms with Crippen molar-refractivity contribution in [2.75, 3.05) is 0 Å². The molecule has 0 radical (unpaired) electrons. The Bertz CT molecular complexity index is 207. The summed E-state index contributed by atoms with van der Waals surface area (Å²) in [6, 6.07) is 0. The molecule has 0 rings (SSSR count). The molecule has 0 saturated carbocycles. The maximum absolute atomic E-state index is 8.88. The van der Waals surface area contributed by atoms with Crippen LogP contribution in [0.3, 0.4) is 0 Å². The van der Waals surface area contributed by atoms with Gasteiger partial charge in [0.2, 0.25) is 0 Å². The molecule has 82 valence electrons. The van der Waals surface area contributed by atoms with Crippen LogP contribution in [0.2, 0.25) is 0 Å². The fourth-order valence-corrected chi connectivity index (χ4v) is 0. The zero-order valence-electron chi connectivity index (χ0n) is 7.43. The van der Waals surface area contributed by atoms with Gasteiger partial charge in [-0.25, -0.2) is 4.57 Å². The maximum atomic E-state index is 8.88. The second-order valence-electron chi connectivity index (χ2n) is 0.961. The molecule has 0 atom stereocenters. The first-order chi connectivity index (χ1) is 4.00. The standard InChI is InChI=1S/ClH.H3N.Na.H3O4P.H2O4S.H/c;;;2*1-5(2,3)4;/h1H;1H3;;(H3,1,2,3,4);(H2,1,2,3,4);/q;;+1;;;-1. The number of rotatable bonds is 0. The molecule has 0 spiro atoms. The van der Waals surface area contributed by atoms with Crippen LogP contribution in [0.4, 0.5) is 0 Å². The zero-order valence-corrected chi connectivity index (χ0v) is 11.0. The van der Waals surface area contributed by atoms with Crippen LogP contribution < -0.4 is 35.7 Å². The number of hydrogen-bond acceptors (Lipinski definition) is 4. The normalized spacial score (nSPS) is 9.00. The van der Waals surface area contributed by atoms with Gasteiger partial charge in [-0.2, -0.15) is 8.42 Å². The predicted octanol–water partition coefficient (Wildman–Crippen LogP) is -3.88.